The molecule has 0 bridgehead atoms. The number of aryl methyl sites for hydroxylation is 2. The summed E-state index contributed by atoms with van der Waals surface area (Å²) >= 11 is 6.68. The molecule has 1 aromatic heterocycles. The highest BCUT2D eigenvalue weighted by Crippen LogP contribution is 2.28. The lowest BCUT2D eigenvalue weighted by Crippen LogP contribution is -2.10. The van der Waals surface area contributed by atoms with Gasteiger partial charge in [0.1, 0.15) is 5.82 Å². The number of aliphatic hydroxyl groups excluding tert-OH is 1. The second-order valence-corrected chi connectivity index (χ2v) is 6.26. The number of rotatable bonds is 4. The highest BCUT2D eigenvalue weighted by molar-refractivity contribution is 9.10. The first-order valence-electron chi connectivity index (χ1n) is 6.28. The minimum absolute atomic E-state index is 0.293. The van der Waals surface area contributed by atoms with Crippen molar-refractivity contribution in [2.24, 2.45) is 0 Å². The SMILES string of the molecule is CCn1nc(C)c(Br)c1CC(O)c1ccc(Br)cc1F. The zero-order chi connectivity index (χ0) is 14.9. The van der Waals surface area contributed by atoms with Crippen LogP contribution < -0.4 is 0 Å². The van der Waals surface area contributed by atoms with Crippen LogP contribution in [0.2, 0.25) is 0 Å². The molecule has 0 saturated heterocycles. The summed E-state index contributed by atoms with van der Waals surface area (Å²) < 4.78 is 17.2. The molecule has 0 amide bonds. The van der Waals surface area contributed by atoms with Gasteiger partial charge in [-0.1, -0.05) is 22.0 Å². The van der Waals surface area contributed by atoms with Crippen molar-refractivity contribution in [1.82, 2.24) is 9.78 Å². The Bertz CT molecular complexity index is 628. The smallest absolute Gasteiger partial charge is 0.130 e. The molecule has 20 heavy (non-hydrogen) atoms. The predicted octanol–water partition coefficient (Wildman–Crippen LogP) is 4.15. The summed E-state index contributed by atoms with van der Waals surface area (Å²) in [5, 5.41) is 14.7. The molecule has 108 valence electrons. The van der Waals surface area contributed by atoms with Gasteiger partial charge in [-0.15, -0.1) is 0 Å². The normalized spacial score (nSPS) is 12.7. The molecule has 0 aliphatic heterocycles. The van der Waals surface area contributed by atoms with Gasteiger partial charge in [-0.3, -0.25) is 4.68 Å². The molecule has 0 radical (unpaired) electrons. The third-order valence-electron chi connectivity index (χ3n) is 3.16. The summed E-state index contributed by atoms with van der Waals surface area (Å²) in [6.07, 6.45) is -0.589. The minimum atomic E-state index is -0.902. The van der Waals surface area contributed by atoms with E-state index in [1.54, 1.807) is 12.1 Å². The van der Waals surface area contributed by atoms with Gasteiger partial charge >= 0.3 is 0 Å². The van der Waals surface area contributed by atoms with E-state index in [0.29, 0.717) is 23.0 Å². The van der Waals surface area contributed by atoms with Crippen molar-refractivity contribution in [3.05, 3.63) is 49.9 Å². The zero-order valence-electron chi connectivity index (χ0n) is 11.2. The molecule has 0 aliphatic rings. The summed E-state index contributed by atoms with van der Waals surface area (Å²) in [5.74, 6) is -0.415. The zero-order valence-corrected chi connectivity index (χ0v) is 14.4. The summed E-state index contributed by atoms with van der Waals surface area (Å²) in [4.78, 5) is 0. The Labute approximate surface area is 134 Å². The van der Waals surface area contributed by atoms with E-state index in [-0.39, 0.29) is 0 Å². The Morgan fingerprint density at radius 1 is 1.40 bits per heavy atom. The average Bonchev–Trinajstić information content (AvgIpc) is 2.66. The first kappa shape index (κ1) is 15.7. The first-order valence-corrected chi connectivity index (χ1v) is 7.87. The number of halogens is 3. The quantitative estimate of drug-likeness (QED) is 0.829. The summed E-state index contributed by atoms with van der Waals surface area (Å²) in [7, 11) is 0. The lowest BCUT2D eigenvalue weighted by Gasteiger charge is -2.13. The van der Waals surface area contributed by atoms with Crippen LogP contribution in [-0.2, 0) is 13.0 Å². The van der Waals surface area contributed by atoms with Crippen LogP contribution in [0.25, 0.3) is 0 Å². The van der Waals surface area contributed by atoms with Gasteiger partial charge < -0.3 is 5.11 Å². The summed E-state index contributed by atoms with van der Waals surface area (Å²) in [6, 6.07) is 4.67. The van der Waals surface area contributed by atoms with Crippen LogP contribution in [0.5, 0.6) is 0 Å². The molecule has 3 nitrogen and oxygen atoms in total. The first-order chi connectivity index (χ1) is 9.43. The molecule has 1 heterocycles. The maximum atomic E-state index is 13.9. The van der Waals surface area contributed by atoms with Crippen molar-refractivity contribution in [3.8, 4) is 0 Å². The molecule has 6 heteroatoms. The van der Waals surface area contributed by atoms with E-state index >= 15 is 0 Å². The number of aromatic nitrogens is 2. The number of aliphatic hydroxyl groups is 1. The molecular weight excluding hydrogens is 391 g/mol. The molecule has 1 unspecified atom stereocenters. The van der Waals surface area contributed by atoms with Crippen LogP contribution in [0.3, 0.4) is 0 Å². The monoisotopic (exact) mass is 404 g/mol. The van der Waals surface area contributed by atoms with Crippen molar-refractivity contribution in [2.45, 2.75) is 32.9 Å². The molecule has 2 rings (SSSR count). The van der Waals surface area contributed by atoms with Gasteiger partial charge in [-0.05, 0) is 41.9 Å². The summed E-state index contributed by atoms with van der Waals surface area (Å²) in [5.41, 5.74) is 2.03. The van der Waals surface area contributed by atoms with Gasteiger partial charge in [0, 0.05) is 23.0 Å². The largest absolute Gasteiger partial charge is 0.388 e. The van der Waals surface area contributed by atoms with Crippen LogP contribution in [0.1, 0.15) is 30.0 Å². The van der Waals surface area contributed by atoms with Crippen molar-refractivity contribution in [1.29, 1.82) is 0 Å². The van der Waals surface area contributed by atoms with E-state index < -0.39 is 11.9 Å². The second-order valence-electron chi connectivity index (χ2n) is 4.55. The van der Waals surface area contributed by atoms with Gasteiger partial charge in [0.05, 0.1) is 22.0 Å². The van der Waals surface area contributed by atoms with E-state index in [0.717, 1.165) is 15.9 Å². The number of hydrogen-bond donors (Lipinski definition) is 1. The fourth-order valence-corrected chi connectivity index (χ4v) is 2.91. The number of hydrogen-bond acceptors (Lipinski definition) is 2. The third-order valence-corrected chi connectivity index (χ3v) is 4.69. The lowest BCUT2D eigenvalue weighted by atomic mass is 10.0. The van der Waals surface area contributed by atoms with E-state index in [1.807, 2.05) is 18.5 Å². The molecule has 2 aromatic rings. The van der Waals surface area contributed by atoms with Crippen LogP contribution in [0.15, 0.2) is 27.1 Å². The van der Waals surface area contributed by atoms with Crippen LogP contribution in [0.4, 0.5) is 4.39 Å². The Morgan fingerprint density at radius 2 is 2.10 bits per heavy atom. The van der Waals surface area contributed by atoms with Gasteiger partial charge in [-0.2, -0.15) is 5.10 Å². The molecule has 1 aromatic carbocycles. The van der Waals surface area contributed by atoms with E-state index in [4.69, 9.17) is 0 Å². The highest BCUT2D eigenvalue weighted by Gasteiger charge is 2.19. The van der Waals surface area contributed by atoms with Crippen molar-refractivity contribution in [3.63, 3.8) is 0 Å². The van der Waals surface area contributed by atoms with Gasteiger partial charge in [0.15, 0.2) is 0 Å². The third kappa shape index (κ3) is 3.13. The van der Waals surface area contributed by atoms with Crippen molar-refractivity contribution < 1.29 is 9.50 Å². The molecule has 0 aliphatic carbocycles. The molecule has 1 N–H and O–H groups in total. The predicted molar refractivity (Wildman–Crippen MR) is 83.1 cm³/mol. The van der Waals surface area contributed by atoms with Crippen LogP contribution >= 0.6 is 31.9 Å². The van der Waals surface area contributed by atoms with E-state index in [2.05, 4.69) is 37.0 Å². The fraction of sp³-hybridized carbons (Fsp3) is 0.357. The Hall–Kier alpha value is -0.720. The Morgan fingerprint density at radius 3 is 2.70 bits per heavy atom. The molecule has 1 atom stereocenters. The standard InChI is InChI=1S/C14H15Br2FN2O/c1-3-19-12(14(16)8(2)18-19)7-13(20)10-5-4-9(15)6-11(10)17/h4-6,13,20H,3,7H2,1-2H3. The molecular formula is C14H15Br2FN2O. The van der Waals surface area contributed by atoms with Gasteiger partial charge in [0.2, 0.25) is 0 Å². The Balaban J connectivity index is 2.30. The number of benzene rings is 1. The number of nitrogens with zero attached hydrogens (tertiary/aromatic N) is 2. The summed E-state index contributed by atoms with van der Waals surface area (Å²) in [6.45, 7) is 4.58. The molecule has 0 saturated carbocycles. The van der Waals surface area contributed by atoms with Crippen molar-refractivity contribution in [2.75, 3.05) is 0 Å². The lowest BCUT2D eigenvalue weighted by molar-refractivity contribution is 0.170. The maximum absolute atomic E-state index is 13.9. The Kier molecular flexibility index (Phi) is 4.99. The van der Waals surface area contributed by atoms with E-state index in [1.165, 1.54) is 6.07 Å². The maximum Gasteiger partial charge on any atom is 0.130 e. The molecule has 0 fully saturated rings. The second kappa shape index (κ2) is 6.37. The minimum Gasteiger partial charge on any atom is -0.388 e. The molecule has 0 spiro atoms. The fourth-order valence-electron chi connectivity index (χ4n) is 2.13. The highest BCUT2D eigenvalue weighted by atomic mass is 79.9. The van der Waals surface area contributed by atoms with Gasteiger partial charge in [-0.25, -0.2) is 4.39 Å². The van der Waals surface area contributed by atoms with Crippen LogP contribution in [0, 0.1) is 12.7 Å². The van der Waals surface area contributed by atoms with Crippen LogP contribution in [-0.4, -0.2) is 14.9 Å². The van der Waals surface area contributed by atoms with E-state index in [9.17, 15) is 9.50 Å². The van der Waals surface area contributed by atoms with Gasteiger partial charge in [0.25, 0.3) is 0 Å². The average molecular weight is 406 g/mol. The topological polar surface area (TPSA) is 38.0 Å². The van der Waals surface area contributed by atoms with Crippen molar-refractivity contribution >= 4 is 31.9 Å².